The molecule has 0 aliphatic heterocycles. The highest BCUT2D eigenvalue weighted by Crippen LogP contribution is 2.05. The average molecular weight is 193 g/mol. The Kier molecular flexibility index (Phi) is 5.14. The van der Waals surface area contributed by atoms with E-state index in [1.54, 1.807) is 6.07 Å². The summed E-state index contributed by atoms with van der Waals surface area (Å²) >= 11 is 0. The maximum absolute atomic E-state index is 9.84. The maximum atomic E-state index is 9.84. The Hall–Kier alpha value is -1.01. The normalized spacial score (nSPS) is 9.00. The summed E-state index contributed by atoms with van der Waals surface area (Å²) in [7, 11) is -2.12. The van der Waals surface area contributed by atoms with Crippen molar-refractivity contribution in [3.05, 3.63) is 28.4 Å². The molecule has 0 aromatic carbocycles. The molecule has 0 fully saturated rings. The monoisotopic (exact) mass is 193 g/mol. The fraction of sp³-hybridized carbons (Fsp3) is 0. The summed E-state index contributed by atoms with van der Waals surface area (Å²) in [4.78, 5) is 26.7. The van der Waals surface area contributed by atoms with E-state index in [1.807, 2.05) is 0 Å². The zero-order chi connectivity index (χ0) is 9.56. The molecule has 0 saturated carbocycles. The van der Waals surface area contributed by atoms with E-state index in [0.717, 1.165) is 0 Å². The number of aromatic amines is 1. The molecule has 0 saturated heterocycles. The van der Waals surface area contributed by atoms with Crippen molar-refractivity contribution in [2.75, 3.05) is 0 Å². The molecule has 5 N–H and O–H groups in total. The van der Waals surface area contributed by atoms with Crippen molar-refractivity contribution in [3.63, 3.8) is 0 Å². The molecule has 12 heavy (non-hydrogen) atoms. The van der Waals surface area contributed by atoms with Crippen molar-refractivity contribution in [1.29, 1.82) is 0 Å². The predicted molar refractivity (Wildman–Crippen MR) is 43.0 cm³/mol. The van der Waals surface area contributed by atoms with Crippen LogP contribution in [0.2, 0.25) is 0 Å². The molecule has 0 amide bonds. The number of hydrogen-bond acceptors (Lipinski definition) is 5. The van der Waals surface area contributed by atoms with Gasteiger partial charge in [0.1, 0.15) is 0 Å². The third-order valence-corrected chi connectivity index (χ3v) is 0.778. The first-order valence-electron chi connectivity index (χ1n) is 2.74. The van der Waals surface area contributed by atoms with Gasteiger partial charge in [0.2, 0.25) is 8.53 Å². The number of nitrogens with one attached hydrogen (secondary N) is 1. The van der Waals surface area contributed by atoms with E-state index in [2.05, 4.69) is 10.5 Å². The Balaban J connectivity index is 0.000000261. The topological polar surface area (TPSA) is 125 Å². The summed E-state index contributed by atoms with van der Waals surface area (Å²) < 4.78 is 0. The van der Waals surface area contributed by atoms with Crippen molar-refractivity contribution >= 4 is 14.3 Å². The summed E-state index contributed by atoms with van der Waals surface area (Å²) in [6.07, 6.45) is 1.51. The van der Waals surface area contributed by atoms with Gasteiger partial charge in [-0.3, -0.25) is 5.50 Å². The van der Waals surface area contributed by atoms with Crippen molar-refractivity contribution in [3.8, 4) is 0 Å². The predicted octanol–water partition coefficient (Wildman–Crippen LogP) is 0.0795. The molecule has 0 spiro atoms. The highest BCUT2D eigenvalue weighted by Gasteiger charge is 1.97. The number of nitrogens with two attached hydrogens (primary N) is 1. The number of H-pyrrole nitrogens is 1. The Morgan fingerprint density at radius 2 is 2.17 bits per heavy atom. The van der Waals surface area contributed by atoms with Crippen molar-refractivity contribution in [1.82, 2.24) is 4.98 Å². The second-order valence-corrected chi connectivity index (χ2v) is 2.27. The van der Waals surface area contributed by atoms with E-state index in [-0.39, 0.29) is 5.82 Å². The number of nitrogens with zero attached hydrogens (tertiary/aromatic N) is 1. The van der Waals surface area contributed by atoms with Gasteiger partial charge in [0.05, 0.1) is 6.20 Å². The highest BCUT2D eigenvalue weighted by atomic mass is 31.2. The summed E-state index contributed by atoms with van der Waals surface area (Å²) in [5.41, 5.74) is 4.29. The van der Waals surface area contributed by atoms with Crippen LogP contribution in [0.3, 0.4) is 0 Å². The fourth-order valence-corrected chi connectivity index (χ4v) is 0.434. The standard InChI is InChI=1S/C4H4N2O2.H4NO2P/c7-6(8)4-2-1-3-5-4;1-4(2)3/h1-3,5H;2-3H,1H2. The van der Waals surface area contributed by atoms with E-state index in [1.165, 1.54) is 12.3 Å². The first-order chi connectivity index (χ1) is 5.54. The van der Waals surface area contributed by atoms with E-state index in [4.69, 9.17) is 9.79 Å². The number of aromatic nitrogens is 1. The summed E-state index contributed by atoms with van der Waals surface area (Å²) in [6, 6.07) is 2.98. The van der Waals surface area contributed by atoms with Gasteiger partial charge in [0.25, 0.3) is 0 Å². The Bertz CT molecular complexity index is 221. The van der Waals surface area contributed by atoms with Crippen LogP contribution in [-0.4, -0.2) is 19.7 Å². The number of hydrogen-bond donors (Lipinski definition) is 4. The van der Waals surface area contributed by atoms with Crippen LogP contribution in [-0.2, 0) is 0 Å². The van der Waals surface area contributed by atoms with Crippen LogP contribution in [0.1, 0.15) is 0 Å². The lowest BCUT2D eigenvalue weighted by atomic mass is 10.6. The molecule has 0 atom stereocenters. The van der Waals surface area contributed by atoms with Gasteiger partial charge < -0.3 is 19.9 Å². The lowest BCUT2D eigenvalue weighted by Crippen LogP contribution is -1.85. The molecular weight excluding hydrogens is 185 g/mol. The van der Waals surface area contributed by atoms with Crippen molar-refractivity contribution < 1.29 is 14.7 Å². The molecule has 0 radical (unpaired) electrons. The summed E-state index contributed by atoms with van der Waals surface area (Å²) in [5, 5.41) is 9.84. The Morgan fingerprint density at radius 1 is 1.67 bits per heavy atom. The SMILES string of the molecule is NP(O)O.O=[N+]([O-])c1ccc[nH]1. The largest absolute Gasteiger partial charge is 0.358 e. The van der Waals surface area contributed by atoms with Crippen LogP contribution in [0.5, 0.6) is 0 Å². The highest BCUT2D eigenvalue weighted by molar-refractivity contribution is 7.42. The van der Waals surface area contributed by atoms with Gasteiger partial charge >= 0.3 is 5.82 Å². The molecule has 8 heteroatoms. The zero-order valence-electron chi connectivity index (χ0n) is 5.91. The van der Waals surface area contributed by atoms with Crippen LogP contribution < -0.4 is 5.50 Å². The fourth-order valence-electron chi connectivity index (χ4n) is 0.434. The third-order valence-electron chi connectivity index (χ3n) is 0.778. The summed E-state index contributed by atoms with van der Waals surface area (Å²) in [5.74, 6) is 0.0324. The van der Waals surface area contributed by atoms with E-state index < -0.39 is 13.4 Å². The van der Waals surface area contributed by atoms with Crippen LogP contribution >= 0.6 is 8.53 Å². The van der Waals surface area contributed by atoms with Gasteiger partial charge in [-0.15, -0.1) is 0 Å². The molecule has 7 nitrogen and oxygen atoms in total. The first kappa shape index (κ1) is 11.0. The lowest BCUT2D eigenvalue weighted by Gasteiger charge is -1.84. The van der Waals surface area contributed by atoms with Crippen molar-refractivity contribution in [2.45, 2.75) is 0 Å². The molecule has 1 heterocycles. The molecule has 1 rings (SSSR count). The minimum absolute atomic E-state index is 0.0324. The molecule has 1 aromatic heterocycles. The van der Waals surface area contributed by atoms with Gasteiger partial charge in [-0.25, -0.2) is 4.98 Å². The van der Waals surface area contributed by atoms with E-state index in [9.17, 15) is 10.1 Å². The molecule has 0 aliphatic rings. The molecule has 0 bridgehead atoms. The third kappa shape index (κ3) is 5.75. The van der Waals surface area contributed by atoms with Gasteiger partial charge in [0, 0.05) is 6.07 Å². The van der Waals surface area contributed by atoms with Gasteiger partial charge in [0.15, 0.2) is 0 Å². The molecule has 1 aromatic rings. The van der Waals surface area contributed by atoms with Crippen LogP contribution in [0, 0.1) is 10.1 Å². The first-order valence-corrected chi connectivity index (χ1v) is 4.06. The van der Waals surface area contributed by atoms with Gasteiger partial charge in [-0.05, 0) is 11.0 Å². The van der Waals surface area contributed by atoms with Crippen LogP contribution in [0.25, 0.3) is 0 Å². The van der Waals surface area contributed by atoms with E-state index >= 15 is 0 Å². The quantitative estimate of drug-likeness (QED) is 0.285. The second kappa shape index (κ2) is 5.62. The maximum Gasteiger partial charge on any atom is 0.320 e. The van der Waals surface area contributed by atoms with Crippen LogP contribution in [0.4, 0.5) is 5.82 Å². The van der Waals surface area contributed by atoms with Gasteiger partial charge in [-0.2, -0.15) is 0 Å². The summed E-state index contributed by atoms with van der Waals surface area (Å²) in [6.45, 7) is 0. The van der Waals surface area contributed by atoms with Gasteiger partial charge in [-0.1, -0.05) is 0 Å². The molecule has 0 unspecified atom stereocenters. The molecule has 0 aliphatic carbocycles. The zero-order valence-corrected chi connectivity index (χ0v) is 6.81. The Morgan fingerprint density at radius 3 is 2.33 bits per heavy atom. The van der Waals surface area contributed by atoms with Crippen molar-refractivity contribution in [2.24, 2.45) is 5.50 Å². The smallest absolute Gasteiger partial charge is 0.320 e. The minimum Gasteiger partial charge on any atom is -0.358 e. The second-order valence-electron chi connectivity index (χ2n) is 1.63. The average Bonchev–Trinajstić information content (AvgIpc) is 2.34. The van der Waals surface area contributed by atoms with E-state index in [0.29, 0.717) is 0 Å². The minimum atomic E-state index is -2.12. The molecular formula is C4H8N3O4P. The molecule has 68 valence electrons. The Labute approximate surface area is 69.0 Å². The lowest BCUT2D eigenvalue weighted by molar-refractivity contribution is -0.389. The number of nitro groups is 1. The number of rotatable bonds is 1. The van der Waals surface area contributed by atoms with Crippen LogP contribution in [0.15, 0.2) is 18.3 Å².